The summed E-state index contributed by atoms with van der Waals surface area (Å²) in [5.74, 6) is -0.687. The fourth-order valence-electron chi connectivity index (χ4n) is 2.77. The Kier molecular flexibility index (Phi) is 2.94. The van der Waals surface area contributed by atoms with Gasteiger partial charge >= 0.3 is 11.6 Å². The van der Waals surface area contributed by atoms with E-state index in [1.807, 2.05) is 24.3 Å². The summed E-state index contributed by atoms with van der Waals surface area (Å²) < 4.78 is 16.0. The molecule has 2 heterocycles. The van der Waals surface area contributed by atoms with E-state index in [0.29, 0.717) is 16.6 Å². The molecular weight excluding hydrogens is 296 g/mol. The second-order valence-corrected chi connectivity index (χ2v) is 5.12. The molecule has 0 saturated carbocycles. The Morgan fingerprint density at radius 3 is 2.57 bits per heavy atom. The number of rotatable bonds is 2. The van der Waals surface area contributed by atoms with Gasteiger partial charge < -0.3 is 13.6 Å². The van der Waals surface area contributed by atoms with Crippen LogP contribution < -0.4 is 5.63 Å². The molecule has 0 fully saturated rings. The van der Waals surface area contributed by atoms with E-state index in [-0.39, 0.29) is 12.2 Å². The van der Waals surface area contributed by atoms with Gasteiger partial charge in [0.15, 0.2) is 0 Å². The second kappa shape index (κ2) is 4.98. The number of hydrogen-bond acceptors (Lipinski definition) is 5. The van der Waals surface area contributed by atoms with Crippen molar-refractivity contribution < 1.29 is 18.4 Å². The van der Waals surface area contributed by atoms with Crippen molar-refractivity contribution in [3.05, 3.63) is 58.4 Å². The van der Waals surface area contributed by atoms with Crippen LogP contribution in [0.5, 0.6) is 0 Å². The second-order valence-electron chi connectivity index (χ2n) is 5.12. The maximum absolute atomic E-state index is 12.0. The Balaban J connectivity index is 2.13. The zero-order valence-electron chi connectivity index (χ0n) is 12.3. The minimum atomic E-state index is -0.705. The van der Waals surface area contributed by atoms with Crippen LogP contribution in [0, 0.1) is 0 Å². The molecule has 0 aliphatic carbocycles. The van der Waals surface area contributed by atoms with E-state index in [1.165, 1.54) is 6.07 Å². The standard InChI is InChI=1S/C18H12O5/c1-2-21-17(19)12-9-11-14(23-18(12)20)7-8-15-16(11)10-5-3-4-6-13(10)22-15/h3-9H,2H2,1H3. The van der Waals surface area contributed by atoms with Crippen molar-refractivity contribution in [3.63, 3.8) is 0 Å². The Labute approximate surface area is 130 Å². The highest BCUT2D eigenvalue weighted by Crippen LogP contribution is 2.34. The lowest BCUT2D eigenvalue weighted by Crippen LogP contribution is -2.16. The molecular formula is C18H12O5. The summed E-state index contributed by atoms with van der Waals surface area (Å²) in [7, 11) is 0. The zero-order chi connectivity index (χ0) is 16.0. The lowest BCUT2D eigenvalue weighted by atomic mass is 10.1. The van der Waals surface area contributed by atoms with Crippen LogP contribution >= 0.6 is 0 Å². The van der Waals surface area contributed by atoms with Crippen molar-refractivity contribution in [2.24, 2.45) is 0 Å². The smallest absolute Gasteiger partial charge is 0.351 e. The fourth-order valence-corrected chi connectivity index (χ4v) is 2.77. The third kappa shape index (κ3) is 2.01. The summed E-state index contributed by atoms with van der Waals surface area (Å²) >= 11 is 0. The van der Waals surface area contributed by atoms with E-state index in [9.17, 15) is 9.59 Å². The van der Waals surface area contributed by atoms with Gasteiger partial charge in [-0.25, -0.2) is 9.59 Å². The van der Waals surface area contributed by atoms with Crippen molar-refractivity contribution in [1.82, 2.24) is 0 Å². The molecule has 0 atom stereocenters. The summed E-state index contributed by atoms with van der Waals surface area (Å²) in [6, 6.07) is 12.5. The van der Waals surface area contributed by atoms with Crippen molar-refractivity contribution >= 4 is 38.9 Å². The topological polar surface area (TPSA) is 69.7 Å². The van der Waals surface area contributed by atoms with Crippen LogP contribution in [0.15, 0.2) is 56.1 Å². The molecule has 0 amide bonds. The molecule has 5 nitrogen and oxygen atoms in total. The first-order valence-electron chi connectivity index (χ1n) is 7.24. The highest BCUT2D eigenvalue weighted by atomic mass is 16.5. The molecule has 0 unspecified atom stereocenters. The van der Waals surface area contributed by atoms with Gasteiger partial charge in [-0.05, 0) is 31.2 Å². The van der Waals surface area contributed by atoms with Gasteiger partial charge in [-0.1, -0.05) is 18.2 Å². The quantitative estimate of drug-likeness (QED) is 0.415. The van der Waals surface area contributed by atoms with Gasteiger partial charge in [-0.3, -0.25) is 0 Å². The molecule has 0 aliphatic rings. The average Bonchev–Trinajstić information content (AvgIpc) is 2.93. The number of para-hydroxylation sites is 1. The van der Waals surface area contributed by atoms with Gasteiger partial charge in [0.05, 0.1) is 6.61 Å². The molecule has 0 aliphatic heterocycles. The van der Waals surface area contributed by atoms with Gasteiger partial charge in [-0.2, -0.15) is 0 Å². The average molecular weight is 308 g/mol. The molecule has 23 heavy (non-hydrogen) atoms. The largest absolute Gasteiger partial charge is 0.462 e. The Morgan fingerprint density at radius 2 is 1.74 bits per heavy atom. The number of carbonyl (C=O) groups excluding carboxylic acids is 1. The number of fused-ring (bicyclic) bond motifs is 5. The lowest BCUT2D eigenvalue weighted by molar-refractivity contribution is 0.0522. The lowest BCUT2D eigenvalue weighted by Gasteiger charge is -2.03. The van der Waals surface area contributed by atoms with Crippen LogP contribution in [0.4, 0.5) is 0 Å². The Hall–Kier alpha value is -3.08. The minimum Gasteiger partial charge on any atom is -0.462 e. The predicted molar refractivity (Wildman–Crippen MR) is 85.7 cm³/mol. The van der Waals surface area contributed by atoms with Crippen molar-refractivity contribution in [1.29, 1.82) is 0 Å². The van der Waals surface area contributed by atoms with E-state index >= 15 is 0 Å². The molecule has 2 aromatic heterocycles. The maximum atomic E-state index is 12.0. The van der Waals surface area contributed by atoms with Crippen molar-refractivity contribution in [2.75, 3.05) is 6.61 Å². The fraction of sp³-hybridized carbons (Fsp3) is 0.111. The van der Waals surface area contributed by atoms with Crippen LogP contribution in [0.25, 0.3) is 32.9 Å². The SMILES string of the molecule is CCOC(=O)c1cc2c(ccc3oc4ccccc4c32)oc1=O. The van der Waals surface area contributed by atoms with Crippen LogP contribution in [0.2, 0.25) is 0 Å². The van der Waals surface area contributed by atoms with Gasteiger partial charge in [0, 0.05) is 16.2 Å². The van der Waals surface area contributed by atoms with Gasteiger partial charge in [-0.15, -0.1) is 0 Å². The Morgan fingerprint density at radius 1 is 1.00 bits per heavy atom. The molecule has 0 spiro atoms. The highest BCUT2D eigenvalue weighted by Gasteiger charge is 2.18. The van der Waals surface area contributed by atoms with Crippen LogP contribution in [0.1, 0.15) is 17.3 Å². The first-order chi connectivity index (χ1) is 11.2. The van der Waals surface area contributed by atoms with Crippen molar-refractivity contribution in [3.8, 4) is 0 Å². The Bertz CT molecular complexity index is 1120. The summed E-state index contributed by atoms with van der Waals surface area (Å²) in [4.78, 5) is 23.9. The van der Waals surface area contributed by atoms with Crippen molar-refractivity contribution in [2.45, 2.75) is 6.92 Å². The first-order valence-corrected chi connectivity index (χ1v) is 7.24. The molecule has 114 valence electrons. The van der Waals surface area contributed by atoms with E-state index in [4.69, 9.17) is 13.6 Å². The molecule has 5 heteroatoms. The van der Waals surface area contributed by atoms with E-state index in [0.717, 1.165) is 16.4 Å². The molecule has 0 bridgehead atoms. The summed E-state index contributed by atoms with van der Waals surface area (Å²) in [6.45, 7) is 1.87. The van der Waals surface area contributed by atoms with Gasteiger partial charge in [0.1, 0.15) is 22.3 Å². The first kappa shape index (κ1) is 13.6. The minimum absolute atomic E-state index is 0.114. The number of benzene rings is 2. The van der Waals surface area contributed by atoms with E-state index in [2.05, 4.69) is 0 Å². The molecule has 0 radical (unpaired) electrons. The molecule has 4 rings (SSSR count). The summed E-state index contributed by atoms with van der Waals surface area (Å²) in [6.07, 6.45) is 0. The number of ether oxygens (including phenoxy) is 1. The molecule has 4 aromatic rings. The zero-order valence-corrected chi connectivity index (χ0v) is 12.3. The number of esters is 1. The monoisotopic (exact) mass is 308 g/mol. The number of furan rings is 1. The van der Waals surface area contributed by atoms with Crippen LogP contribution in [-0.4, -0.2) is 12.6 Å². The third-order valence-corrected chi connectivity index (χ3v) is 3.75. The highest BCUT2D eigenvalue weighted by molar-refractivity contribution is 6.18. The van der Waals surface area contributed by atoms with Crippen LogP contribution in [-0.2, 0) is 4.74 Å². The predicted octanol–water partition coefficient (Wildman–Crippen LogP) is 3.87. The van der Waals surface area contributed by atoms with Gasteiger partial charge in [0.25, 0.3) is 0 Å². The van der Waals surface area contributed by atoms with Crippen LogP contribution in [0.3, 0.4) is 0 Å². The molecule has 2 aromatic carbocycles. The maximum Gasteiger partial charge on any atom is 0.351 e. The molecule has 0 N–H and O–H groups in total. The summed E-state index contributed by atoms with van der Waals surface area (Å²) in [5, 5.41) is 2.36. The normalized spacial score (nSPS) is 11.3. The van der Waals surface area contributed by atoms with E-state index in [1.54, 1.807) is 19.1 Å². The summed E-state index contributed by atoms with van der Waals surface area (Å²) in [5.41, 5.74) is 0.989. The number of hydrogen-bond donors (Lipinski definition) is 0. The third-order valence-electron chi connectivity index (χ3n) is 3.75. The molecule has 0 saturated heterocycles. The van der Waals surface area contributed by atoms with Gasteiger partial charge in [0.2, 0.25) is 0 Å². The number of carbonyl (C=O) groups is 1. The van der Waals surface area contributed by atoms with E-state index < -0.39 is 11.6 Å².